The lowest BCUT2D eigenvalue weighted by Crippen LogP contribution is -2.41. The van der Waals surface area contributed by atoms with E-state index in [4.69, 9.17) is 9.47 Å². The highest BCUT2D eigenvalue weighted by molar-refractivity contribution is 14.0. The van der Waals surface area contributed by atoms with Gasteiger partial charge in [-0.15, -0.1) is 24.0 Å². The average molecular weight is 445 g/mol. The summed E-state index contributed by atoms with van der Waals surface area (Å²) < 4.78 is 11.4. The van der Waals surface area contributed by atoms with Crippen LogP contribution in [-0.2, 0) is 13.0 Å². The molecular formula is C18H28IN3O2. The Morgan fingerprint density at radius 1 is 1.33 bits per heavy atom. The van der Waals surface area contributed by atoms with Gasteiger partial charge in [-0.3, -0.25) is 4.99 Å². The van der Waals surface area contributed by atoms with E-state index in [2.05, 4.69) is 34.7 Å². The van der Waals surface area contributed by atoms with Crippen LogP contribution in [0.3, 0.4) is 0 Å². The third-order valence-electron chi connectivity index (χ3n) is 4.66. The Morgan fingerprint density at radius 2 is 2.08 bits per heavy atom. The first-order valence-electron chi connectivity index (χ1n) is 8.53. The van der Waals surface area contributed by atoms with Crippen molar-refractivity contribution >= 4 is 29.9 Å². The van der Waals surface area contributed by atoms with Crippen LogP contribution in [0.1, 0.15) is 43.7 Å². The number of rotatable bonds is 4. The van der Waals surface area contributed by atoms with Crippen LogP contribution in [0.4, 0.5) is 0 Å². The molecule has 3 rings (SSSR count). The number of guanidine groups is 1. The SMILES string of the molecule is CN=C(NCc1cc2c(cc1OC)CC(C)O2)NC1CCCC1.I. The maximum absolute atomic E-state index is 5.86. The fourth-order valence-electron chi connectivity index (χ4n) is 3.45. The molecule has 0 bridgehead atoms. The van der Waals surface area contributed by atoms with Crippen LogP contribution in [0.15, 0.2) is 17.1 Å². The summed E-state index contributed by atoms with van der Waals surface area (Å²) in [6.45, 7) is 2.76. The zero-order valence-corrected chi connectivity index (χ0v) is 17.1. The molecule has 0 aromatic heterocycles. The van der Waals surface area contributed by atoms with Gasteiger partial charge in [0.1, 0.15) is 17.6 Å². The van der Waals surface area contributed by atoms with Crippen molar-refractivity contribution in [2.75, 3.05) is 14.2 Å². The molecule has 1 aromatic carbocycles. The summed E-state index contributed by atoms with van der Waals surface area (Å²) in [4.78, 5) is 4.33. The molecule has 1 heterocycles. The van der Waals surface area contributed by atoms with E-state index in [1.807, 2.05) is 7.05 Å². The van der Waals surface area contributed by atoms with Crippen LogP contribution in [0.2, 0.25) is 0 Å². The molecule has 0 spiro atoms. The summed E-state index contributed by atoms with van der Waals surface area (Å²) in [7, 11) is 3.53. The van der Waals surface area contributed by atoms with Gasteiger partial charge in [0.25, 0.3) is 0 Å². The largest absolute Gasteiger partial charge is 0.496 e. The lowest BCUT2D eigenvalue weighted by Gasteiger charge is -2.18. The number of hydrogen-bond donors (Lipinski definition) is 2. The molecule has 2 aliphatic rings. The molecule has 2 N–H and O–H groups in total. The second-order valence-corrected chi connectivity index (χ2v) is 6.46. The van der Waals surface area contributed by atoms with Crippen molar-refractivity contribution in [3.05, 3.63) is 23.3 Å². The van der Waals surface area contributed by atoms with E-state index in [1.54, 1.807) is 7.11 Å². The monoisotopic (exact) mass is 445 g/mol. The summed E-state index contributed by atoms with van der Waals surface area (Å²) >= 11 is 0. The molecule has 1 fully saturated rings. The fourth-order valence-corrected chi connectivity index (χ4v) is 3.45. The van der Waals surface area contributed by atoms with E-state index in [9.17, 15) is 0 Å². The van der Waals surface area contributed by atoms with Gasteiger partial charge in [-0.2, -0.15) is 0 Å². The van der Waals surface area contributed by atoms with Gasteiger partial charge in [0.2, 0.25) is 0 Å². The molecule has 5 nitrogen and oxygen atoms in total. The predicted molar refractivity (Wildman–Crippen MR) is 108 cm³/mol. The molecule has 6 heteroatoms. The molecule has 0 radical (unpaired) electrons. The highest BCUT2D eigenvalue weighted by Crippen LogP contribution is 2.34. The number of hydrogen-bond acceptors (Lipinski definition) is 3. The summed E-state index contributed by atoms with van der Waals surface area (Å²) in [5.74, 6) is 2.74. The van der Waals surface area contributed by atoms with Crippen molar-refractivity contribution in [3.8, 4) is 11.5 Å². The maximum Gasteiger partial charge on any atom is 0.191 e. The minimum atomic E-state index is 0. The van der Waals surface area contributed by atoms with Crippen LogP contribution < -0.4 is 20.1 Å². The Bertz CT molecular complexity index is 586. The average Bonchev–Trinajstić information content (AvgIpc) is 3.18. The van der Waals surface area contributed by atoms with Gasteiger partial charge in [0.15, 0.2) is 5.96 Å². The van der Waals surface area contributed by atoms with Crippen LogP contribution in [0.5, 0.6) is 11.5 Å². The van der Waals surface area contributed by atoms with Crippen molar-refractivity contribution < 1.29 is 9.47 Å². The molecule has 1 unspecified atom stereocenters. The first-order valence-corrected chi connectivity index (χ1v) is 8.53. The summed E-state index contributed by atoms with van der Waals surface area (Å²) in [5.41, 5.74) is 2.32. The van der Waals surface area contributed by atoms with Gasteiger partial charge < -0.3 is 20.1 Å². The smallest absolute Gasteiger partial charge is 0.191 e. The van der Waals surface area contributed by atoms with Gasteiger partial charge in [-0.05, 0) is 31.9 Å². The second kappa shape index (κ2) is 8.78. The summed E-state index contributed by atoms with van der Waals surface area (Å²) in [6, 6.07) is 4.74. The number of methoxy groups -OCH3 is 1. The Balaban J connectivity index is 0.00000208. The third-order valence-corrected chi connectivity index (χ3v) is 4.66. The minimum Gasteiger partial charge on any atom is -0.496 e. The van der Waals surface area contributed by atoms with Gasteiger partial charge >= 0.3 is 0 Å². The first kappa shape index (κ1) is 19.1. The van der Waals surface area contributed by atoms with Crippen LogP contribution in [0.25, 0.3) is 0 Å². The van der Waals surface area contributed by atoms with Crippen LogP contribution in [-0.4, -0.2) is 32.3 Å². The number of benzene rings is 1. The van der Waals surface area contributed by atoms with E-state index in [0.29, 0.717) is 12.6 Å². The summed E-state index contributed by atoms with van der Waals surface area (Å²) in [5, 5.41) is 6.89. The molecule has 1 saturated carbocycles. The lowest BCUT2D eigenvalue weighted by molar-refractivity contribution is 0.254. The van der Waals surface area contributed by atoms with Gasteiger partial charge in [-0.25, -0.2) is 0 Å². The van der Waals surface area contributed by atoms with Crippen molar-refractivity contribution in [2.24, 2.45) is 4.99 Å². The van der Waals surface area contributed by atoms with E-state index < -0.39 is 0 Å². The van der Waals surface area contributed by atoms with Crippen LogP contribution >= 0.6 is 24.0 Å². The number of nitrogens with zero attached hydrogens (tertiary/aromatic N) is 1. The molecule has 1 aromatic rings. The van der Waals surface area contributed by atoms with E-state index in [1.165, 1.54) is 31.2 Å². The number of ether oxygens (including phenoxy) is 2. The van der Waals surface area contributed by atoms with Crippen molar-refractivity contribution in [2.45, 2.75) is 57.7 Å². The molecule has 24 heavy (non-hydrogen) atoms. The Hall–Kier alpha value is -1.18. The third kappa shape index (κ3) is 4.46. The Morgan fingerprint density at radius 3 is 2.75 bits per heavy atom. The van der Waals surface area contributed by atoms with Crippen molar-refractivity contribution in [1.29, 1.82) is 0 Å². The van der Waals surface area contributed by atoms with Gasteiger partial charge in [0, 0.05) is 37.2 Å². The van der Waals surface area contributed by atoms with Crippen molar-refractivity contribution in [1.82, 2.24) is 10.6 Å². The zero-order chi connectivity index (χ0) is 16.2. The minimum absolute atomic E-state index is 0. The molecule has 1 aliphatic carbocycles. The normalized spacial score (nSPS) is 20.1. The van der Waals surface area contributed by atoms with Gasteiger partial charge in [-0.1, -0.05) is 12.8 Å². The number of halogens is 1. The van der Waals surface area contributed by atoms with Gasteiger partial charge in [0.05, 0.1) is 7.11 Å². The zero-order valence-electron chi connectivity index (χ0n) is 14.7. The molecular weight excluding hydrogens is 417 g/mol. The molecule has 1 aliphatic heterocycles. The second-order valence-electron chi connectivity index (χ2n) is 6.46. The standard InChI is InChI=1S/C18H27N3O2.HI/c1-12-8-13-9-16(22-3)14(10-17(13)23-12)11-20-18(19-2)21-15-6-4-5-7-15;/h9-10,12,15H,4-8,11H2,1-3H3,(H2,19,20,21);1H. The van der Waals surface area contributed by atoms with E-state index >= 15 is 0 Å². The van der Waals surface area contributed by atoms with E-state index in [-0.39, 0.29) is 30.1 Å². The Labute approximate surface area is 161 Å². The Kier molecular flexibility index (Phi) is 7.01. The topological polar surface area (TPSA) is 54.9 Å². The molecule has 0 saturated heterocycles. The molecule has 0 amide bonds. The van der Waals surface area contributed by atoms with Crippen molar-refractivity contribution in [3.63, 3.8) is 0 Å². The number of fused-ring (bicyclic) bond motifs is 1. The number of aliphatic imine (C=N–C) groups is 1. The number of nitrogens with one attached hydrogen (secondary N) is 2. The predicted octanol–water partition coefficient (Wildman–Crippen LogP) is 3.24. The van der Waals surface area contributed by atoms with E-state index in [0.717, 1.165) is 29.4 Å². The maximum atomic E-state index is 5.86. The molecule has 134 valence electrons. The van der Waals surface area contributed by atoms with Crippen LogP contribution in [0, 0.1) is 0 Å². The molecule has 1 atom stereocenters. The highest BCUT2D eigenvalue weighted by atomic mass is 127. The fraction of sp³-hybridized carbons (Fsp3) is 0.611. The quantitative estimate of drug-likeness (QED) is 0.425. The lowest BCUT2D eigenvalue weighted by atomic mass is 10.1. The highest BCUT2D eigenvalue weighted by Gasteiger charge is 2.22. The summed E-state index contributed by atoms with van der Waals surface area (Å²) in [6.07, 6.45) is 6.27. The first-order chi connectivity index (χ1) is 11.2.